The van der Waals surface area contributed by atoms with Crippen LogP contribution in [-0.4, -0.2) is 75.3 Å². The minimum Gasteiger partial charge on any atom is -0.566 e. The summed E-state index contributed by atoms with van der Waals surface area (Å²) in [7, 11) is -3.05. The third-order valence-electron chi connectivity index (χ3n) is 13.8. The lowest BCUT2D eigenvalue weighted by Crippen LogP contribution is -2.59. The van der Waals surface area contributed by atoms with Crippen molar-refractivity contribution in [2.75, 3.05) is 19.8 Å². The Bertz CT molecular complexity index is 1980. The summed E-state index contributed by atoms with van der Waals surface area (Å²) in [4.78, 5) is 11.5. The fraction of sp³-hybridized carbons (Fsp3) is 0.538. The topological polar surface area (TPSA) is 132 Å². The minimum atomic E-state index is -3.05. The van der Waals surface area contributed by atoms with Crippen molar-refractivity contribution in [1.29, 1.82) is 0 Å². The standard InChI is InChI=1S/C52H67O12P/c1-34-37(4)49(57-29-42-23-15-9-16-24-42)52(62-44(34)32-59-51-48(56-28-41-21-13-8-14-22-41)36(3)35(2)45(61-51)33-60-65(53)54)64-47-38(5)39(6)50(58-30-43-25-17-10-18-26-43)63-46(47)31-55-27-40-19-11-7-12-20-40/h7-26,34-39,44-52H,27-33H2,1-6H3/t34-,35-,36-,37-,38+,39?,44?,45?,46?,47-,48?,49?,50+,51-,52-/m0/s1. The van der Waals surface area contributed by atoms with Gasteiger partial charge in [-0.2, -0.15) is 0 Å². The third kappa shape index (κ3) is 13.6. The van der Waals surface area contributed by atoms with Crippen LogP contribution < -0.4 is 4.89 Å². The molecule has 3 saturated heterocycles. The zero-order valence-corrected chi connectivity index (χ0v) is 39.4. The first-order valence-electron chi connectivity index (χ1n) is 23.1. The molecule has 3 aliphatic heterocycles. The Balaban J connectivity index is 1.11. The SMILES string of the molecule is CC1[C@H](OCc2ccccc2)OC(COCc2ccccc2)[C@@H](O[C@@H]2OC(CO[C@H]3OC(CO[P+](=O)[O-])[C@@H](C)[C@H](C)C3OCc3ccccc3)[C@@H](C)[C@H](C)C2OCc2ccccc2)[C@@H]1C. The van der Waals surface area contributed by atoms with Crippen LogP contribution in [0.2, 0.25) is 0 Å². The van der Waals surface area contributed by atoms with Crippen LogP contribution in [0.4, 0.5) is 0 Å². The van der Waals surface area contributed by atoms with E-state index in [1.165, 1.54) is 0 Å². The average molecular weight is 915 g/mol. The molecule has 0 aliphatic carbocycles. The molecule has 65 heavy (non-hydrogen) atoms. The van der Waals surface area contributed by atoms with Crippen LogP contribution in [0.25, 0.3) is 0 Å². The molecular formula is C52H67O12P. The number of ether oxygens (including phenoxy) is 9. The highest BCUT2D eigenvalue weighted by atomic mass is 31.1. The summed E-state index contributed by atoms with van der Waals surface area (Å²) in [5.74, 6) is -0.239. The molecule has 3 aliphatic rings. The van der Waals surface area contributed by atoms with Gasteiger partial charge in [0.1, 0.15) is 24.9 Å². The first-order valence-corrected chi connectivity index (χ1v) is 24.2. The van der Waals surface area contributed by atoms with E-state index in [9.17, 15) is 9.46 Å². The van der Waals surface area contributed by atoms with E-state index in [-0.39, 0.29) is 55.3 Å². The zero-order valence-electron chi connectivity index (χ0n) is 38.5. The van der Waals surface area contributed by atoms with Crippen molar-refractivity contribution >= 4 is 8.25 Å². The number of hydrogen-bond acceptors (Lipinski definition) is 12. The summed E-state index contributed by atoms with van der Waals surface area (Å²) in [6.07, 6.45) is -4.91. The molecule has 7 rings (SSSR count). The lowest BCUT2D eigenvalue weighted by atomic mass is 9.82. The Morgan fingerprint density at radius 3 is 1.35 bits per heavy atom. The van der Waals surface area contributed by atoms with Crippen LogP contribution >= 0.6 is 8.25 Å². The van der Waals surface area contributed by atoms with E-state index in [0.717, 1.165) is 22.3 Å². The van der Waals surface area contributed by atoms with Crippen molar-refractivity contribution in [2.45, 2.75) is 123 Å². The fourth-order valence-electron chi connectivity index (χ4n) is 9.03. The van der Waals surface area contributed by atoms with Gasteiger partial charge in [-0.05, 0) is 56.4 Å². The Hall–Kier alpha value is -3.46. The van der Waals surface area contributed by atoms with Gasteiger partial charge in [0.25, 0.3) is 0 Å². The maximum atomic E-state index is 11.5. The second-order valence-electron chi connectivity index (χ2n) is 18.1. The summed E-state index contributed by atoms with van der Waals surface area (Å²) in [6, 6.07) is 40.2. The molecule has 0 aromatic heterocycles. The van der Waals surface area contributed by atoms with Crippen LogP contribution in [0.15, 0.2) is 121 Å². The monoisotopic (exact) mass is 914 g/mol. The van der Waals surface area contributed by atoms with Gasteiger partial charge in [-0.1, -0.05) is 163 Å². The summed E-state index contributed by atoms with van der Waals surface area (Å²) in [5, 5.41) is 0. The molecule has 0 bridgehead atoms. The molecule has 0 spiro atoms. The Kier molecular flexibility index (Phi) is 18.7. The summed E-state index contributed by atoms with van der Waals surface area (Å²) < 4.78 is 76.9. The maximum absolute atomic E-state index is 11.5. The highest BCUT2D eigenvalue weighted by Gasteiger charge is 2.50. The molecule has 0 amide bonds. The Morgan fingerprint density at radius 1 is 0.431 bits per heavy atom. The predicted octanol–water partition coefficient (Wildman–Crippen LogP) is 9.02. The minimum absolute atomic E-state index is 0.0242. The summed E-state index contributed by atoms with van der Waals surface area (Å²) in [5.41, 5.74) is 4.20. The first-order chi connectivity index (χ1) is 31.5. The number of hydrogen-bond donors (Lipinski definition) is 0. The molecular weight excluding hydrogens is 848 g/mol. The van der Waals surface area contributed by atoms with Gasteiger partial charge >= 0.3 is 8.25 Å². The Morgan fingerprint density at radius 2 is 0.846 bits per heavy atom. The average Bonchev–Trinajstić information content (AvgIpc) is 3.32. The lowest BCUT2D eigenvalue weighted by Gasteiger charge is -2.49. The lowest BCUT2D eigenvalue weighted by molar-refractivity contribution is -0.350. The molecule has 4 aromatic carbocycles. The first kappa shape index (κ1) is 49.4. The van der Waals surface area contributed by atoms with E-state index in [4.69, 9.17) is 47.2 Å². The van der Waals surface area contributed by atoms with Crippen LogP contribution in [0.5, 0.6) is 0 Å². The van der Waals surface area contributed by atoms with Gasteiger partial charge in [0.15, 0.2) is 18.9 Å². The maximum Gasteiger partial charge on any atom is 0.488 e. The van der Waals surface area contributed by atoms with Crippen LogP contribution in [0, 0.1) is 35.5 Å². The van der Waals surface area contributed by atoms with Crippen LogP contribution in [-0.2, 0) is 78.1 Å². The van der Waals surface area contributed by atoms with Crippen LogP contribution in [0.3, 0.4) is 0 Å². The molecule has 3 fully saturated rings. The molecule has 352 valence electrons. The van der Waals surface area contributed by atoms with Crippen LogP contribution in [0.1, 0.15) is 63.8 Å². The largest absolute Gasteiger partial charge is 0.566 e. The van der Waals surface area contributed by atoms with Gasteiger partial charge < -0.3 is 47.5 Å². The number of benzene rings is 4. The molecule has 0 N–H and O–H groups in total. The van der Waals surface area contributed by atoms with Gasteiger partial charge in [-0.3, -0.25) is 0 Å². The quantitative estimate of drug-likeness (QED) is 0.0739. The Labute approximate surface area is 386 Å². The van der Waals surface area contributed by atoms with Crippen molar-refractivity contribution < 1.29 is 56.6 Å². The van der Waals surface area contributed by atoms with Gasteiger partial charge in [0.05, 0.1) is 58.0 Å². The fourth-order valence-corrected chi connectivity index (χ4v) is 9.30. The van der Waals surface area contributed by atoms with Gasteiger partial charge in [0, 0.05) is 5.92 Å². The summed E-state index contributed by atoms with van der Waals surface area (Å²) in [6.45, 7) is 14.6. The van der Waals surface area contributed by atoms with Crippen molar-refractivity contribution in [3.8, 4) is 0 Å². The van der Waals surface area contributed by atoms with Crippen molar-refractivity contribution in [3.05, 3.63) is 144 Å². The van der Waals surface area contributed by atoms with E-state index >= 15 is 0 Å². The third-order valence-corrected chi connectivity index (χ3v) is 14.1. The molecule has 0 radical (unpaired) electrons. The van der Waals surface area contributed by atoms with Gasteiger partial charge in [-0.25, -0.2) is 0 Å². The molecule has 0 saturated carbocycles. The van der Waals surface area contributed by atoms with E-state index in [2.05, 4.69) is 46.8 Å². The van der Waals surface area contributed by atoms with Crippen molar-refractivity contribution in [2.24, 2.45) is 35.5 Å². The molecule has 16 atom stereocenters. The normalized spacial score (nSPS) is 33.1. The predicted molar refractivity (Wildman–Crippen MR) is 243 cm³/mol. The highest BCUT2D eigenvalue weighted by molar-refractivity contribution is 7.30. The summed E-state index contributed by atoms with van der Waals surface area (Å²) >= 11 is 0. The van der Waals surface area contributed by atoms with E-state index < -0.39 is 63.7 Å². The highest BCUT2D eigenvalue weighted by Crippen LogP contribution is 2.41. The van der Waals surface area contributed by atoms with Gasteiger partial charge in [-0.15, -0.1) is 4.52 Å². The number of rotatable bonds is 21. The van der Waals surface area contributed by atoms with Crippen molar-refractivity contribution in [1.82, 2.24) is 0 Å². The molecule has 13 heteroatoms. The molecule has 3 heterocycles. The second-order valence-corrected chi connectivity index (χ2v) is 18.8. The zero-order chi connectivity index (χ0) is 45.7. The second kappa shape index (κ2) is 24.5. The molecule has 4 aromatic rings. The van der Waals surface area contributed by atoms with E-state index in [1.807, 2.05) is 116 Å². The smallest absolute Gasteiger partial charge is 0.488 e. The molecule has 12 nitrogen and oxygen atoms in total. The molecule has 7 unspecified atom stereocenters. The van der Waals surface area contributed by atoms with E-state index in [0.29, 0.717) is 26.4 Å². The van der Waals surface area contributed by atoms with Crippen molar-refractivity contribution in [3.63, 3.8) is 0 Å². The van der Waals surface area contributed by atoms with E-state index in [1.54, 1.807) is 0 Å². The van der Waals surface area contributed by atoms with Gasteiger partial charge in [0.2, 0.25) is 0 Å².